The zero-order valence-electron chi connectivity index (χ0n) is 11.4. The number of hydrogen-bond donors (Lipinski definition) is 1. The topological polar surface area (TPSA) is 24.9 Å². The lowest BCUT2D eigenvalue weighted by atomic mass is 9.87. The molecule has 2 heteroatoms. The summed E-state index contributed by atoms with van der Waals surface area (Å²) in [6.45, 7) is 3.60. The van der Waals surface area contributed by atoms with E-state index in [1.165, 1.54) is 56.2 Å². The number of nitrogens with zero attached hydrogens (tertiary/aromatic N) is 1. The first-order valence-electron chi connectivity index (χ1n) is 7.44. The minimum atomic E-state index is 0.493. The van der Waals surface area contributed by atoms with Crippen LogP contribution < -0.4 is 5.32 Å². The van der Waals surface area contributed by atoms with Crippen LogP contribution in [0.4, 0.5) is 0 Å². The van der Waals surface area contributed by atoms with Gasteiger partial charge in [-0.3, -0.25) is 4.98 Å². The van der Waals surface area contributed by atoms with E-state index in [2.05, 4.69) is 29.4 Å². The van der Waals surface area contributed by atoms with E-state index in [-0.39, 0.29) is 0 Å². The maximum absolute atomic E-state index is 4.61. The molecule has 2 nitrogen and oxygen atoms in total. The molecule has 1 atom stereocenters. The maximum Gasteiger partial charge on any atom is 0.0605 e. The van der Waals surface area contributed by atoms with E-state index in [1.54, 1.807) is 0 Å². The molecule has 2 aliphatic rings. The van der Waals surface area contributed by atoms with E-state index >= 15 is 0 Å². The molecule has 1 aromatic heterocycles. The Hall–Kier alpha value is -0.890. The van der Waals surface area contributed by atoms with Gasteiger partial charge < -0.3 is 5.32 Å². The Morgan fingerprint density at radius 3 is 3.00 bits per heavy atom. The number of nitrogens with one attached hydrogen (secondary N) is 1. The van der Waals surface area contributed by atoms with Gasteiger partial charge in [-0.15, -0.1) is 0 Å². The molecule has 2 aliphatic carbocycles. The Kier molecular flexibility index (Phi) is 3.38. The Morgan fingerprint density at radius 2 is 2.17 bits per heavy atom. The number of hydrogen-bond acceptors (Lipinski definition) is 2. The molecule has 1 aromatic rings. The first kappa shape index (κ1) is 12.2. The summed E-state index contributed by atoms with van der Waals surface area (Å²) in [6, 6.07) is 4.81. The van der Waals surface area contributed by atoms with Crippen LogP contribution >= 0.6 is 0 Å². The summed E-state index contributed by atoms with van der Waals surface area (Å²) in [5.74, 6) is 0. The highest BCUT2D eigenvalue weighted by atomic mass is 15.0. The summed E-state index contributed by atoms with van der Waals surface area (Å²) in [5, 5.41) is 3.80. The third-order valence-electron chi connectivity index (χ3n) is 4.78. The van der Waals surface area contributed by atoms with Crippen LogP contribution in [0.2, 0.25) is 0 Å². The van der Waals surface area contributed by atoms with Gasteiger partial charge in [-0.25, -0.2) is 0 Å². The lowest BCUT2D eigenvalue weighted by Gasteiger charge is -2.30. The van der Waals surface area contributed by atoms with Gasteiger partial charge in [0.1, 0.15) is 0 Å². The van der Waals surface area contributed by atoms with Crippen LogP contribution in [-0.2, 0) is 6.42 Å². The molecule has 3 rings (SSSR count). The zero-order chi connectivity index (χ0) is 12.4. The molecule has 1 heterocycles. The van der Waals surface area contributed by atoms with Gasteiger partial charge in [0.05, 0.1) is 5.69 Å². The molecule has 0 aliphatic heterocycles. The number of aromatic nitrogens is 1. The van der Waals surface area contributed by atoms with Crippen LogP contribution in [0.3, 0.4) is 0 Å². The molecule has 1 fully saturated rings. The van der Waals surface area contributed by atoms with E-state index in [1.807, 2.05) is 6.20 Å². The molecular formula is C16H24N2. The van der Waals surface area contributed by atoms with Crippen molar-refractivity contribution in [3.63, 3.8) is 0 Å². The van der Waals surface area contributed by atoms with Crippen molar-refractivity contribution in [3.05, 3.63) is 29.6 Å². The number of rotatable bonds is 3. The lowest BCUT2D eigenvalue weighted by molar-refractivity contribution is 0.287. The Bertz CT molecular complexity index is 407. The molecule has 0 saturated heterocycles. The minimum absolute atomic E-state index is 0.493. The Morgan fingerprint density at radius 1 is 1.33 bits per heavy atom. The molecule has 0 radical (unpaired) electrons. The fraction of sp³-hybridized carbons (Fsp3) is 0.688. The molecule has 98 valence electrons. The summed E-state index contributed by atoms with van der Waals surface area (Å²) in [7, 11) is 0. The van der Waals surface area contributed by atoms with Gasteiger partial charge in [0.2, 0.25) is 0 Å². The van der Waals surface area contributed by atoms with Gasteiger partial charge in [0.25, 0.3) is 0 Å². The number of aryl methyl sites for hydroxylation is 1. The third-order valence-corrected chi connectivity index (χ3v) is 4.78. The summed E-state index contributed by atoms with van der Waals surface area (Å²) >= 11 is 0. The summed E-state index contributed by atoms with van der Waals surface area (Å²) in [6.07, 6.45) is 11.3. The fourth-order valence-corrected chi connectivity index (χ4v) is 3.58. The number of fused-ring (bicyclic) bond motifs is 1. The maximum atomic E-state index is 4.61. The molecular weight excluding hydrogens is 220 g/mol. The van der Waals surface area contributed by atoms with Gasteiger partial charge >= 0.3 is 0 Å². The molecule has 1 N–H and O–H groups in total. The van der Waals surface area contributed by atoms with Crippen LogP contribution in [0.5, 0.6) is 0 Å². The van der Waals surface area contributed by atoms with Gasteiger partial charge in [0, 0.05) is 18.8 Å². The van der Waals surface area contributed by atoms with Crippen molar-refractivity contribution in [1.29, 1.82) is 0 Å². The molecule has 18 heavy (non-hydrogen) atoms. The monoisotopic (exact) mass is 244 g/mol. The van der Waals surface area contributed by atoms with Gasteiger partial charge in [-0.2, -0.15) is 0 Å². The normalized spacial score (nSPS) is 25.9. The SMILES string of the molecule is CC1(CNC2CCCc3cccnc32)CCCC1. The van der Waals surface area contributed by atoms with Crippen LogP contribution in [0.25, 0.3) is 0 Å². The van der Waals surface area contributed by atoms with Crippen molar-refractivity contribution in [2.45, 2.75) is 57.9 Å². The van der Waals surface area contributed by atoms with Crippen molar-refractivity contribution in [3.8, 4) is 0 Å². The second kappa shape index (κ2) is 5.00. The van der Waals surface area contributed by atoms with Crippen LogP contribution in [0.1, 0.15) is 62.7 Å². The summed E-state index contributed by atoms with van der Waals surface area (Å²) in [5.41, 5.74) is 3.30. The molecule has 0 aromatic carbocycles. The van der Waals surface area contributed by atoms with E-state index in [4.69, 9.17) is 0 Å². The molecule has 1 unspecified atom stereocenters. The highest BCUT2D eigenvalue weighted by Gasteiger charge is 2.30. The quantitative estimate of drug-likeness (QED) is 0.878. The predicted molar refractivity (Wildman–Crippen MR) is 74.5 cm³/mol. The zero-order valence-corrected chi connectivity index (χ0v) is 11.4. The molecule has 0 bridgehead atoms. The van der Waals surface area contributed by atoms with Crippen molar-refractivity contribution in [2.75, 3.05) is 6.54 Å². The smallest absolute Gasteiger partial charge is 0.0605 e. The highest BCUT2D eigenvalue weighted by Crippen LogP contribution is 2.38. The van der Waals surface area contributed by atoms with Crippen LogP contribution in [0.15, 0.2) is 18.3 Å². The van der Waals surface area contributed by atoms with Gasteiger partial charge in [-0.1, -0.05) is 25.8 Å². The Balaban J connectivity index is 1.67. The standard InChI is InChI=1S/C16H24N2/c1-16(9-2-3-10-16)12-18-14-8-4-6-13-7-5-11-17-15(13)14/h5,7,11,14,18H,2-4,6,8-10,12H2,1H3. The van der Waals surface area contributed by atoms with E-state index in [0.717, 1.165) is 6.54 Å². The average Bonchev–Trinajstić information content (AvgIpc) is 2.84. The largest absolute Gasteiger partial charge is 0.308 e. The third kappa shape index (κ3) is 2.44. The average molecular weight is 244 g/mol. The first-order chi connectivity index (χ1) is 8.77. The van der Waals surface area contributed by atoms with E-state index in [9.17, 15) is 0 Å². The summed E-state index contributed by atoms with van der Waals surface area (Å²) in [4.78, 5) is 4.61. The first-order valence-corrected chi connectivity index (χ1v) is 7.44. The lowest BCUT2D eigenvalue weighted by Crippen LogP contribution is -2.34. The van der Waals surface area contributed by atoms with Crippen LogP contribution in [-0.4, -0.2) is 11.5 Å². The fourth-order valence-electron chi connectivity index (χ4n) is 3.58. The van der Waals surface area contributed by atoms with Crippen molar-refractivity contribution in [1.82, 2.24) is 10.3 Å². The second-order valence-corrected chi connectivity index (χ2v) is 6.39. The van der Waals surface area contributed by atoms with Gasteiger partial charge in [-0.05, 0) is 49.1 Å². The van der Waals surface area contributed by atoms with Crippen molar-refractivity contribution in [2.24, 2.45) is 5.41 Å². The summed E-state index contributed by atoms with van der Waals surface area (Å²) < 4.78 is 0. The van der Waals surface area contributed by atoms with Crippen molar-refractivity contribution < 1.29 is 0 Å². The van der Waals surface area contributed by atoms with Crippen LogP contribution in [0, 0.1) is 5.41 Å². The van der Waals surface area contributed by atoms with E-state index < -0.39 is 0 Å². The number of pyridine rings is 1. The van der Waals surface area contributed by atoms with Crippen molar-refractivity contribution >= 4 is 0 Å². The predicted octanol–water partition coefficient (Wildman–Crippen LogP) is 3.63. The van der Waals surface area contributed by atoms with E-state index in [0.29, 0.717) is 11.5 Å². The molecule has 0 amide bonds. The molecule has 0 spiro atoms. The Labute approximate surface area is 110 Å². The highest BCUT2D eigenvalue weighted by molar-refractivity contribution is 5.25. The second-order valence-electron chi connectivity index (χ2n) is 6.39. The minimum Gasteiger partial charge on any atom is -0.308 e. The molecule has 1 saturated carbocycles. The van der Waals surface area contributed by atoms with Gasteiger partial charge in [0.15, 0.2) is 0 Å².